The van der Waals surface area contributed by atoms with Gasteiger partial charge in [0, 0.05) is 28.7 Å². The van der Waals surface area contributed by atoms with Crippen LogP contribution in [0, 0.1) is 0 Å². The lowest BCUT2D eigenvalue weighted by atomic mass is 10.1. The number of benzene rings is 2. The summed E-state index contributed by atoms with van der Waals surface area (Å²) in [4.78, 5) is 14.7. The topological polar surface area (TPSA) is 75.6 Å². The summed E-state index contributed by atoms with van der Waals surface area (Å²) in [6, 6.07) is 12.8. The summed E-state index contributed by atoms with van der Waals surface area (Å²) in [6.07, 6.45) is -1.32. The van der Waals surface area contributed by atoms with Crippen LogP contribution in [0.4, 0.5) is 13.2 Å². The molecule has 0 spiro atoms. The third kappa shape index (κ3) is 3.59. The zero-order chi connectivity index (χ0) is 19.7. The third-order valence-corrected chi connectivity index (χ3v) is 4.29. The van der Waals surface area contributed by atoms with Crippen LogP contribution in [0.1, 0.15) is 21.6 Å². The van der Waals surface area contributed by atoms with E-state index in [2.05, 4.69) is 20.5 Å². The molecule has 0 unspecified atom stereocenters. The summed E-state index contributed by atoms with van der Waals surface area (Å²) in [6.45, 7) is 0.203. The molecule has 0 aliphatic heterocycles. The summed E-state index contributed by atoms with van der Waals surface area (Å²) in [5, 5.41) is 10.7. The van der Waals surface area contributed by atoms with Gasteiger partial charge in [0.1, 0.15) is 18.3 Å². The number of alkyl halides is 3. The van der Waals surface area contributed by atoms with Gasteiger partial charge in [-0.05, 0) is 48.0 Å². The average molecular weight is 385 g/mol. The maximum absolute atomic E-state index is 12.8. The Morgan fingerprint density at radius 1 is 1.04 bits per heavy atom. The van der Waals surface area contributed by atoms with Crippen LogP contribution in [0.2, 0.25) is 0 Å². The first-order chi connectivity index (χ1) is 13.4. The summed E-state index contributed by atoms with van der Waals surface area (Å²) in [5.74, 6) is -0.277. The van der Waals surface area contributed by atoms with Crippen molar-refractivity contribution >= 4 is 16.8 Å². The highest BCUT2D eigenvalue weighted by Crippen LogP contribution is 2.31. The number of fused-ring (bicyclic) bond motifs is 1. The number of aromatic amines is 1. The molecule has 0 saturated carbocycles. The van der Waals surface area contributed by atoms with Crippen molar-refractivity contribution in [2.75, 3.05) is 0 Å². The minimum Gasteiger partial charge on any atom is -0.351 e. The number of nitrogens with zero attached hydrogens (tertiary/aromatic N) is 3. The Morgan fingerprint density at radius 2 is 1.75 bits per heavy atom. The van der Waals surface area contributed by atoms with Gasteiger partial charge in [0.2, 0.25) is 0 Å². The van der Waals surface area contributed by atoms with Crippen molar-refractivity contribution in [2.24, 2.45) is 0 Å². The SMILES string of the molecule is O=C(NCc1ccc2[nH]c(C(F)(F)F)cc2c1)c1ccc(-n2cnnc2)cc1. The molecule has 0 radical (unpaired) electrons. The number of halogens is 3. The Labute approximate surface area is 157 Å². The summed E-state index contributed by atoms with van der Waals surface area (Å²) in [7, 11) is 0. The highest BCUT2D eigenvalue weighted by Gasteiger charge is 2.32. The van der Waals surface area contributed by atoms with E-state index in [0.29, 0.717) is 22.0 Å². The fraction of sp³-hybridized carbons (Fsp3) is 0.105. The van der Waals surface area contributed by atoms with Crippen molar-refractivity contribution < 1.29 is 18.0 Å². The standard InChI is InChI=1S/C19H14F3N5O/c20-19(21,22)17-8-14-7-12(1-6-16(14)26-17)9-23-18(28)13-2-4-15(5-3-13)27-10-24-25-11-27/h1-8,10-11,26H,9H2,(H,23,28). The summed E-state index contributed by atoms with van der Waals surface area (Å²) in [5.41, 5.74) is 1.59. The molecule has 142 valence electrons. The molecule has 0 bridgehead atoms. The van der Waals surface area contributed by atoms with E-state index in [1.165, 1.54) is 0 Å². The molecular weight excluding hydrogens is 371 g/mol. The molecule has 1 amide bonds. The highest BCUT2D eigenvalue weighted by atomic mass is 19.4. The Hall–Kier alpha value is -3.62. The van der Waals surface area contributed by atoms with Crippen molar-refractivity contribution in [1.29, 1.82) is 0 Å². The van der Waals surface area contributed by atoms with Crippen LogP contribution in [-0.4, -0.2) is 25.7 Å². The van der Waals surface area contributed by atoms with Crippen LogP contribution in [-0.2, 0) is 12.7 Å². The van der Waals surface area contributed by atoms with Crippen LogP contribution in [0.3, 0.4) is 0 Å². The van der Waals surface area contributed by atoms with Gasteiger partial charge in [-0.2, -0.15) is 13.2 Å². The van der Waals surface area contributed by atoms with Gasteiger partial charge in [-0.25, -0.2) is 0 Å². The second kappa shape index (κ2) is 6.84. The lowest BCUT2D eigenvalue weighted by Crippen LogP contribution is -2.22. The molecule has 4 aromatic rings. The smallest absolute Gasteiger partial charge is 0.351 e. The first kappa shape index (κ1) is 17.8. The molecule has 0 aliphatic rings. The van der Waals surface area contributed by atoms with Crippen molar-refractivity contribution in [3.8, 4) is 5.69 Å². The Morgan fingerprint density at radius 3 is 2.43 bits per heavy atom. The molecule has 0 atom stereocenters. The predicted octanol–water partition coefficient (Wildman–Crippen LogP) is 3.70. The van der Waals surface area contributed by atoms with Crippen LogP contribution >= 0.6 is 0 Å². The zero-order valence-corrected chi connectivity index (χ0v) is 14.4. The second-order valence-electron chi connectivity index (χ2n) is 6.20. The van der Waals surface area contributed by atoms with Crippen LogP contribution in [0.15, 0.2) is 61.2 Å². The molecule has 9 heteroatoms. The number of hydrogen-bond donors (Lipinski definition) is 2. The van der Waals surface area contributed by atoms with Gasteiger partial charge in [0.25, 0.3) is 5.91 Å². The van der Waals surface area contributed by atoms with E-state index in [1.54, 1.807) is 59.7 Å². The Balaban J connectivity index is 1.44. The Kier molecular flexibility index (Phi) is 4.34. The number of carbonyl (C=O) groups excluding carboxylic acids is 1. The van der Waals surface area contributed by atoms with Crippen LogP contribution < -0.4 is 5.32 Å². The highest BCUT2D eigenvalue weighted by molar-refractivity contribution is 5.94. The quantitative estimate of drug-likeness (QED) is 0.563. The van der Waals surface area contributed by atoms with E-state index in [-0.39, 0.29) is 12.5 Å². The van der Waals surface area contributed by atoms with Crippen molar-refractivity contribution in [3.05, 3.63) is 78.0 Å². The molecule has 6 nitrogen and oxygen atoms in total. The minimum absolute atomic E-state index is 0.203. The first-order valence-electron chi connectivity index (χ1n) is 8.32. The van der Waals surface area contributed by atoms with E-state index < -0.39 is 11.9 Å². The van der Waals surface area contributed by atoms with Crippen molar-refractivity contribution in [2.45, 2.75) is 12.7 Å². The largest absolute Gasteiger partial charge is 0.431 e. The van der Waals surface area contributed by atoms with Crippen LogP contribution in [0.25, 0.3) is 16.6 Å². The van der Waals surface area contributed by atoms with Crippen molar-refractivity contribution in [3.63, 3.8) is 0 Å². The molecule has 4 rings (SSSR count). The predicted molar refractivity (Wildman–Crippen MR) is 95.8 cm³/mol. The minimum atomic E-state index is -4.42. The van der Waals surface area contributed by atoms with Crippen LogP contribution in [0.5, 0.6) is 0 Å². The van der Waals surface area contributed by atoms with Gasteiger partial charge in [-0.1, -0.05) is 6.07 Å². The fourth-order valence-electron chi connectivity index (χ4n) is 2.85. The van der Waals surface area contributed by atoms with E-state index in [9.17, 15) is 18.0 Å². The van der Waals surface area contributed by atoms with Gasteiger partial charge in [0.05, 0.1) is 0 Å². The summed E-state index contributed by atoms with van der Waals surface area (Å²) >= 11 is 0. The monoisotopic (exact) mass is 385 g/mol. The first-order valence-corrected chi connectivity index (χ1v) is 8.32. The van der Waals surface area contributed by atoms with Gasteiger partial charge in [-0.15, -0.1) is 10.2 Å². The zero-order valence-electron chi connectivity index (χ0n) is 14.4. The number of H-pyrrole nitrogens is 1. The normalized spacial score (nSPS) is 11.7. The second-order valence-corrected chi connectivity index (χ2v) is 6.20. The number of aromatic nitrogens is 4. The van der Waals surface area contributed by atoms with E-state index in [4.69, 9.17) is 0 Å². The lowest BCUT2D eigenvalue weighted by molar-refractivity contribution is -0.140. The van der Waals surface area contributed by atoms with Crippen molar-refractivity contribution in [1.82, 2.24) is 25.1 Å². The number of hydrogen-bond acceptors (Lipinski definition) is 3. The van der Waals surface area contributed by atoms with E-state index in [0.717, 1.165) is 11.8 Å². The molecule has 0 fully saturated rings. The van der Waals surface area contributed by atoms with Gasteiger partial charge in [0.15, 0.2) is 0 Å². The average Bonchev–Trinajstić information content (AvgIpc) is 3.35. The Bertz CT molecular complexity index is 1110. The van der Waals surface area contributed by atoms with Gasteiger partial charge in [-0.3, -0.25) is 9.36 Å². The third-order valence-electron chi connectivity index (χ3n) is 4.29. The number of carbonyl (C=O) groups is 1. The molecule has 2 heterocycles. The molecule has 2 aromatic heterocycles. The fourth-order valence-corrected chi connectivity index (χ4v) is 2.85. The lowest BCUT2D eigenvalue weighted by Gasteiger charge is -2.07. The molecule has 0 saturated heterocycles. The van der Waals surface area contributed by atoms with Gasteiger partial charge >= 0.3 is 6.18 Å². The van der Waals surface area contributed by atoms with E-state index >= 15 is 0 Å². The number of nitrogens with one attached hydrogen (secondary N) is 2. The number of rotatable bonds is 4. The van der Waals surface area contributed by atoms with E-state index in [1.807, 2.05) is 0 Å². The molecule has 0 aliphatic carbocycles. The van der Waals surface area contributed by atoms with Gasteiger partial charge < -0.3 is 10.3 Å². The molecule has 28 heavy (non-hydrogen) atoms. The maximum atomic E-state index is 12.8. The molecular formula is C19H14F3N5O. The molecule has 2 N–H and O–H groups in total. The molecule has 2 aromatic carbocycles. The maximum Gasteiger partial charge on any atom is 0.431 e. The summed E-state index contributed by atoms with van der Waals surface area (Å²) < 4.78 is 40.1. The number of amides is 1.